The molecule has 0 heterocycles. The Morgan fingerprint density at radius 1 is 1.19 bits per heavy atom. The van der Waals surface area contributed by atoms with Gasteiger partial charge in [0.15, 0.2) is 0 Å². The molecule has 5 heteroatoms. The Balaban J connectivity index is 2.39. The molecule has 0 amide bonds. The van der Waals surface area contributed by atoms with Gasteiger partial charge < -0.3 is 4.79 Å². The van der Waals surface area contributed by atoms with E-state index in [2.05, 4.69) is 4.72 Å². The minimum Gasteiger partial charge on any atom is -0.303 e. The second-order valence-corrected chi connectivity index (χ2v) is 5.33. The average Bonchev–Trinajstić information content (AvgIpc) is 2.28. The largest absolute Gasteiger partial charge is 0.303 e. The normalized spacial score (nSPS) is 11.2. The van der Waals surface area contributed by atoms with Crippen molar-refractivity contribution in [3.63, 3.8) is 0 Å². The second kappa shape index (κ2) is 6.40. The Labute approximate surface area is 95.7 Å². The van der Waals surface area contributed by atoms with Crippen molar-refractivity contribution in [2.24, 2.45) is 0 Å². The molecule has 1 rings (SSSR count). The summed E-state index contributed by atoms with van der Waals surface area (Å²) in [7, 11) is -3.26. The van der Waals surface area contributed by atoms with E-state index >= 15 is 0 Å². The molecule has 0 saturated carbocycles. The molecule has 0 aliphatic heterocycles. The Kier molecular flexibility index (Phi) is 5.14. The van der Waals surface area contributed by atoms with Gasteiger partial charge in [0.05, 0.1) is 5.75 Å². The fourth-order valence-corrected chi connectivity index (χ4v) is 2.32. The lowest BCUT2D eigenvalue weighted by Crippen LogP contribution is -2.28. The Morgan fingerprint density at radius 3 is 2.50 bits per heavy atom. The van der Waals surface area contributed by atoms with Crippen LogP contribution in [0.1, 0.15) is 12.0 Å². The smallest absolute Gasteiger partial charge is 0.211 e. The molecule has 4 nitrogen and oxygen atoms in total. The first kappa shape index (κ1) is 12.9. The number of sulfonamides is 1. The van der Waals surface area contributed by atoms with Crippen LogP contribution in [0, 0.1) is 0 Å². The predicted molar refractivity (Wildman–Crippen MR) is 62.6 cm³/mol. The molecule has 16 heavy (non-hydrogen) atoms. The number of benzene rings is 1. The number of carbonyl (C=O) groups excluding carboxylic acids is 1. The van der Waals surface area contributed by atoms with Crippen molar-refractivity contribution in [3.8, 4) is 0 Å². The van der Waals surface area contributed by atoms with Crippen LogP contribution in [0.2, 0.25) is 0 Å². The highest BCUT2D eigenvalue weighted by Crippen LogP contribution is 2.01. The van der Waals surface area contributed by atoms with Crippen molar-refractivity contribution in [2.75, 3.05) is 12.3 Å². The molecule has 1 aromatic carbocycles. The molecule has 0 aliphatic carbocycles. The molecule has 0 unspecified atom stereocenters. The van der Waals surface area contributed by atoms with Gasteiger partial charge >= 0.3 is 0 Å². The molecule has 0 atom stereocenters. The van der Waals surface area contributed by atoms with Crippen molar-refractivity contribution in [2.45, 2.75) is 12.8 Å². The number of nitrogens with one attached hydrogen (secondary N) is 1. The van der Waals surface area contributed by atoms with E-state index in [4.69, 9.17) is 0 Å². The Morgan fingerprint density at radius 2 is 1.88 bits per heavy atom. The number of aldehydes is 1. The lowest BCUT2D eigenvalue weighted by atomic mass is 10.2. The zero-order chi connectivity index (χ0) is 11.9. The quantitative estimate of drug-likeness (QED) is 0.565. The maximum absolute atomic E-state index is 11.5. The third-order valence-electron chi connectivity index (χ3n) is 2.09. The van der Waals surface area contributed by atoms with Gasteiger partial charge in [-0.15, -0.1) is 0 Å². The number of rotatable bonds is 7. The van der Waals surface area contributed by atoms with Gasteiger partial charge in [0.1, 0.15) is 6.29 Å². The van der Waals surface area contributed by atoms with E-state index < -0.39 is 10.0 Å². The topological polar surface area (TPSA) is 63.2 Å². The molecule has 88 valence electrons. The van der Waals surface area contributed by atoms with Crippen molar-refractivity contribution in [3.05, 3.63) is 35.9 Å². The van der Waals surface area contributed by atoms with E-state index in [-0.39, 0.29) is 18.7 Å². The minimum atomic E-state index is -3.26. The van der Waals surface area contributed by atoms with Gasteiger partial charge in [-0.2, -0.15) is 0 Å². The summed E-state index contributed by atoms with van der Waals surface area (Å²) in [5.41, 5.74) is 0.989. The first-order valence-corrected chi connectivity index (χ1v) is 6.74. The SMILES string of the molecule is O=CCCNS(=O)(=O)CCc1ccccc1. The number of hydrogen-bond acceptors (Lipinski definition) is 3. The standard InChI is InChI=1S/C11H15NO3S/c13-9-4-8-12-16(14,15)10-7-11-5-2-1-3-6-11/h1-3,5-6,9,12H,4,7-8,10H2. The highest BCUT2D eigenvalue weighted by Gasteiger charge is 2.08. The molecule has 0 radical (unpaired) electrons. The zero-order valence-corrected chi connectivity index (χ0v) is 9.74. The summed E-state index contributed by atoms with van der Waals surface area (Å²) < 4.78 is 25.3. The molecule has 0 saturated heterocycles. The molecule has 0 spiro atoms. The summed E-state index contributed by atoms with van der Waals surface area (Å²) in [4.78, 5) is 10.0. The van der Waals surface area contributed by atoms with Crippen LogP contribution in [-0.2, 0) is 21.2 Å². The van der Waals surface area contributed by atoms with Crippen molar-refractivity contribution < 1.29 is 13.2 Å². The summed E-state index contributed by atoms with van der Waals surface area (Å²) in [6, 6.07) is 9.42. The van der Waals surface area contributed by atoms with E-state index in [1.165, 1.54) is 0 Å². The fourth-order valence-electron chi connectivity index (χ4n) is 1.24. The van der Waals surface area contributed by atoms with Crippen LogP contribution < -0.4 is 4.72 Å². The van der Waals surface area contributed by atoms with Gasteiger partial charge in [-0.1, -0.05) is 30.3 Å². The molecule has 0 aliphatic rings. The number of carbonyl (C=O) groups is 1. The number of aryl methyl sites for hydroxylation is 1. The van der Waals surface area contributed by atoms with E-state index in [0.717, 1.165) is 5.56 Å². The van der Waals surface area contributed by atoms with Crippen LogP contribution in [0.5, 0.6) is 0 Å². The molecule has 1 N–H and O–H groups in total. The lowest BCUT2D eigenvalue weighted by molar-refractivity contribution is -0.107. The molecular formula is C11H15NO3S. The molecule has 1 aromatic rings. The third kappa shape index (κ3) is 5.04. The molecule has 0 fully saturated rings. The maximum atomic E-state index is 11.5. The Hall–Kier alpha value is -1.20. The van der Waals surface area contributed by atoms with Crippen molar-refractivity contribution in [1.29, 1.82) is 0 Å². The van der Waals surface area contributed by atoms with Crippen LogP contribution in [0.4, 0.5) is 0 Å². The molecular weight excluding hydrogens is 226 g/mol. The summed E-state index contributed by atoms with van der Waals surface area (Å²) in [5.74, 6) is 0.0515. The van der Waals surface area contributed by atoms with Crippen LogP contribution in [0.25, 0.3) is 0 Å². The van der Waals surface area contributed by atoms with E-state index in [9.17, 15) is 13.2 Å². The summed E-state index contributed by atoms with van der Waals surface area (Å²) in [6.45, 7) is 0.181. The highest BCUT2D eigenvalue weighted by atomic mass is 32.2. The highest BCUT2D eigenvalue weighted by molar-refractivity contribution is 7.89. The monoisotopic (exact) mass is 241 g/mol. The van der Waals surface area contributed by atoms with Gasteiger partial charge in [-0.3, -0.25) is 0 Å². The number of hydrogen-bond donors (Lipinski definition) is 1. The summed E-state index contributed by atoms with van der Waals surface area (Å²) in [6.07, 6.45) is 1.39. The molecule has 0 bridgehead atoms. The summed E-state index contributed by atoms with van der Waals surface area (Å²) >= 11 is 0. The molecule has 0 aromatic heterocycles. The van der Waals surface area contributed by atoms with Crippen molar-refractivity contribution in [1.82, 2.24) is 4.72 Å². The van der Waals surface area contributed by atoms with Crippen molar-refractivity contribution >= 4 is 16.3 Å². The van der Waals surface area contributed by atoms with Gasteiger partial charge in [0.25, 0.3) is 0 Å². The van der Waals surface area contributed by atoms with Gasteiger partial charge in [-0.25, -0.2) is 13.1 Å². The zero-order valence-electron chi connectivity index (χ0n) is 8.93. The minimum absolute atomic E-state index is 0.0515. The van der Waals surface area contributed by atoms with Crippen LogP contribution in [0.3, 0.4) is 0 Å². The first-order chi connectivity index (χ1) is 7.64. The van der Waals surface area contributed by atoms with Crippen LogP contribution in [-0.4, -0.2) is 27.0 Å². The van der Waals surface area contributed by atoms with Crippen LogP contribution >= 0.6 is 0 Å². The van der Waals surface area contributed by atoms with Crippen LogP contribution in [0.15, 0.2) is 30.3 Å². The third-order valence-corrected chi connectivity index (χ3v) is 3.47. The first-order valence-electron chi connectivity index (χ1n) is 5.09. The van der Waals surface area contributed by atoms with E-state index in [1.807, 2.05) is 30.3 Å². The lowest BCUT2D eigenvalue weighted by Gasteiger charge is -2.04. The average molecular weight is 241 g/mol. The Bertz CT molecular complexity index is 414. The summed E-state index contributed by atoms with van der Waals surface area (Å²) in [5, 5.41) is 0. The van der Waals surface area contributed by atoms with Gasteiger partial charge in [0, 0.05) is 13.0 Å². The fraction of sp³-hybridized carbons (Fsp3) is 0.364. The maximum Gasteiger partial charge on any atom is 0.211 e. The van der Waals surface area contributed by atoms with Gasteiger partial charge in [0.2, 0.25) is 10.0 Å². The second-order valence-electron chi connectivity index (χ2n) is 3.40. The van der Waals surface area contributed by atoms with E-state index in [0.29, 0.717) is 12.7 Å². The predicted octanol–water partition coefficient (Wildman–Crippen LogP) is 0.737. The van der Waals surface area contributed by atoms with Gasteiger partial charge in [-0.05, 0) is 12.0 Å². The van der Waals surface area contributed by atoms with E-state index in [1.54, 1.807) is 0 Å².